The van der Waals surface area contributed by atoms with Gasteiger partial charge in [0.2, 0.25) is 0 Å². The first-order valence-electron chi connectivity index (χ1n) is 8.42. The lowest BCUT2D eigenvalue weighted by atomic mass is 9.90. The van der Waals surface area contributed by atoms with Crippen molar-refractivity contribution in [1.82, 2.24) is 4.90 Å². The summed E-state index contributed by atoms with van der Waals surface area (Å²) in [5.41, 5.74) is 4.37. The monoisotopic (exact) mass is 271 g/mol. The van der Waals surface area contributed by atoms with Gasteiger partial charge in [0.15, 0.2) is 0 Å². The zero-order valence-electron chi connectivity index (χ0n) is 12.6. The molecule has 0 bridgehead atoms. The molecule has 2 nitrogen and oxygen atoms in total. The predicted molar refractivity (Wildman–Crippen MR) is 85.3 cm³/mol. The van der Waals surface area contributed by atoms with E-state index in [9.17, 15) is 0 Å². The fraction of sp³-hybridized carbons (Fsp3) is 0.667. The largest absolute Gasteiger partial charge is 0.385 e. The Labute approximate surface area is 123 Å². The minimum Gasteiger partial charge on any atom is -0.385 e. The highest BCUT2D eigenvalue weighted by Gasteiger charge is 2.13. The van der Waals surface area contributed by atoms with Crippen molar-refractivity contribution in [1.29, 1.82) is 0 Å². The van der Waals surface area contributed by atoms with Gasteiger partial charge in [-0.05, 0) is 87.8 Å². The molecule has 0 atom stereocenters. The highest BCUT2D eigenvalue weighted by molar-refractivity contribution is 5.55. The second kappa shape index (κ2) is 7.12. The van der Waals surface area contributed by atoms with Gasteiger partial charge in [0.25, 0.3) is 0 Å². The molecule has 20 heavy (non-hydrogen) atoms. The van der Waals surface area contributed by atoms with Crippen LogP contribution in [0.1, 0.15) is 49.7 Å². The van der Waals surface area contributed by atoms with Crippen molar-refractivity contribution in [2.24, 2.45) is 0 Å². The van der Waals surface area contributed by atoms with Gasteiger partial charge in [0.1, 0.15) is 0 Å². The minimum atomic E-state index is 1.10. The number of likely N-dealkylation sites (tertiary alicyclic amines) is 1. The Kier molecular flexibility index (Phi) is 4.96. The van der Waals surface area contributed by atoms with Crippen molar-refractivity contribution >= 4 is 5.69 Å². The van der Waals surface area contributed by atoms with Gasteiger partial charge in [0, 0.05) is 12.2 Å². The number of nitrogens with zero attached hydrogens (tertiary/aromatic N) is 1. The first-order chi connectivity index (χ1) is 9.93. The van der Waals surface area contributed by atoms with Crippen molar-refractivity contribution in [3.63, 3.8) is 0 Å². The minimum absolute atomic E-state index is 1.10. The zero-order chi connectivity index (χ0) is 13.6. The number of hydrogen-bond donors (Lipinski definition) is 1. The summed E-state index contributed by atoms with van der Waals surface area (Å²) in [4.78, 5) is 2.62. The van der Waals surface area contributed by atoms with Gasteiger partial charge >= 0.3 is 0 Å². The average molecular weight is 271 g/mol. The smallest absolute Gasteiger partial charge is 0.0375 e. The van der Waals surface area contributed by atoms with Gasteiger partial charge in [-0.15, -0.1) is 0 Å². The van der Waals surface area contributed by atoms with Crippen molar-refractivity contribution in [3.05, 3.63) is 29.3 Å². The van der Waals surface area contributed by atoms with E-state index < -0.39 is 0 Å². The summed E-state index contributed by atoms with van der Waals surface area (Å²) >= 11 is 0. The van der Waals surface area contributed by atoms with Crippen LogP contribution in [0.2, 0.25) is 0 Å². The van der Waals surface area contributed by atoms with Gasteiger partial charge in [0.05, 0.1) is 0 Å². The topological polar surface area (TPSA) is 15.3 Å². The van der Waals surface area contributed by atoms with E-state index in [0.29, 0.717) is 0 Å². The molecule has 1 aromatic rings. The van der Waals surface area contributed by atoms with E-state index >= 15 is 0 Å². The molecule has 1 radical (unpaired) electrons. The lowest BCUT2D eigenvalue weighted by Gasteiger charge is -2.26. The summed E-state index contributed by atoms with van der Waals surface area (Å²) < 4.78 is 0. The van der Waals surface area contributed by atoms with Crippen molar-refractivity contribution < 1.29 is 0 Å². The summed E-state index contributed by atoms with van der Waals surface area (Å²) in [5.74, 6) is 0. The molecule has 1 fully saturated rings. The molecule has 1 aliphatic carbocycles. The summed E-state index contributed by atoms with van der Waals surface area (Å²) in [5, 5.41) is 3.67. The average Bonchev–Trinajstić information content (AvgIpc) is 2.53. The fourth-order valence-electron chi connectivity index (χ4n) is 3.56. The SMILES string of the molecule is [c]1ccc(NCCCN2CCCCC2)c2c1CCCC2. The van der Waals surface area contributed by atoms with Crippen LogP contribution in [-0.4, -0.2) is 31.1 Å². The maximum atomic E-state index is 3.67. The van der Waals surface area contributed by atoms with Gasteiger partial charge in [-0.2, -0.15) is 0 Å². The van der Waals surface area contributed by atoms with Crippen LogP contribution < -0.4 is 5.32 Å². The lowest BCUT2D eigenvalue weighted by molar-refractivity contribution is 0.228. The van der Waals surface area contributed by atoms with E-state index in [2.05, 4.69) is 28.4 Å². The molecule has 1 N–H and O–H groups in total. The highest BCUT2D eigenvalue weighted by atomic mass is 15.1. The quantitative estimate of drug-likeness (QED) is 0.822. The Morgan fingerprint density at radius 2 is 1.90 bits per heavy atom. The number of hydrogen-bond acceptors (Lipinski definition) is 2. The number of piperidine rings is 1. The van der Waals surface area contributed by atoms with Crippen molar-refractivity contribution in [2.45, 2.75) is 51.4 Å². The van der Waals surface area contributed by atoms with E-state index in [1.165, 1.54) is 87.8 Å². The molecular formula is C18H27N2. The van der Waals surface area contributed by atoms with Crippen molar-refractivity contribution in [3.8, 4) is 0 Å². The summed E-state index contributed by atoms with van der Waals surface area (Å²) in [6, 6.07) is 7.73. The molecule has 2 aliphatic rings. The molecule has 0 aromatic heterocycles. The standard InChI is InChI=1S/C18H27N2/c1-4-13-20(14-5-1)15-7-12-19-18-11-6-9-16-8-2-3-10-17(16)18/h6,11,19H,1-5,7-8,10,12-15H2. The van der Waals surface area contributed by atoms with E-state index in [1.807, 2.05) is 0 Å². The summed E-state index contributed by atoms with van der Waals surface area (Å²) in [6.45, 7) is 4.99. The number of benzene rings is 1. The van der Waals surface area contributed by atoms with Crippen LogP contribution in [0.3, 0.4) is 0 Å². The molecule has 1 aromatic carbocycles. The maximum Gasteiger partial charge on any atom is 0.0375 e. The molecule has 109 valence electrons. The Hall–Kier alpha value is -1.02. The first-order valence-corrected chi connectivity index (χ1v) is 8.42. The van der Waals surface area contributed by atoms with E-state index in [0.717, 1.165) is 6.54 Å². The second-order valence-electron chi connectivity index (χ2n) is 6.24. The molecule has 2 heteroatoms. The molecule has 0 saturated carbocycles. The van der Waals surface area contributed by atoms with Gasteiger partial charge < -0.3 is 10.2 Å². The molecule has 1 saturated heterocycles. The third kappa shape index (κ3) is 3.54. The van der Waals surface area contributed by atoms with Gasteiger partial charge in [-0.3, -0.25) is 0 Å². The molecule has 0 spiro atoms. The van der Waals surface area contributed by atoms with Crippen LogP contribution in [0.4, 0.5) is 5.69 Å². The van der Waals surface area contributed by atoms with Crippen LogP contribution >= 0.6 is 0 Å². The summed E-state index contributed by atoms with van der Waals surface area (Å²) in [6.07, 6.45) is 10.6. The van der Waals surface area contributed by atoms with Crippen LogP contribution in [-0.2, 0) is 12.8 Å². The third-order valence-electron chi connectivity index (χ3n) is 4.72. The maximum absolute atomic E-state index is 3.67. The highest BCUT2D eigenvalue weighted by Crippen LogP contribution is 2.27. The molecular weight excluding hydrogens is 244 g/mol. The predicted octanol–water partition coefficient (Wildman–Crippen LogP) is 3.65. The fourth-order valence-corrected chi connectivity index (χ4v) is 3.56. The number of anilines is 1. The van der Waals surface area contributed by atoms with Crippen LogP contribution in [0.15, 0.2) is 12.1 Å². The summed E-state index contributed by atoms with van der Waals surface area (Å²) in [7, 11) is 0. The molecule has 1 aliphatic heterocycles. The zero-order valence-corrected chi connectivity index (χ0v) is 12.6. The Balaban J connectivity index is 1.46. The second-order valence-corrected chi connectivity index (χ2v) is 6.24. The van der Waals surface area contributed by atoms with Crippen LogP contribution in [0.25, 0.3) is 0 Å². The van der Waals surface area contributed by atoms with E-state index in [1.54, 1.807) is 0 Å². The third-order valence-corrected chi connectivity index (χ3v) is 4.72. The Morgan fingerprint density at radius 1 is 1.05 bits per heavy atom. The number of rotatable bonds is 5. The molecule has 0 unspecified atom stereocenters. The molecule has 3 rings (SSSR count). The Morgan fingerprint density at radius 3 is 2.80 bits per heavy atom. The van der Waals surface area contributed by atoms with E-state index in [4.69, 9.17) is 0 Å². The normalized spacial score (nSPS) is 19.6. The van der Waals surface area contributed by atoms with E-state index in [-0.39, 0.29) is 0 Å². The lowest BCUT2D eigenvalue weighted by Crippen LogP contribution is -2.31. The van der Waals surface area contributed by atoms with Crippen molar-refractivity contribution in [2.75, 3.05) is 31.5 Å². The van der Waals surface area contributed by atoms with Crippen LogP contribution in [0, 0.1) is 6.07 Å². The first kappa shape index (κ1) is 13.9. The number of nitrogens with one attached hydrogen (secondary N) is 1. The number of fused-ring (bicyclic) bond motifs is 1. The van der Waals surface area contributed by atoms with Gasteiger partial charge in [-0.1, -0.05) is 12.5 Å². The van der Waals surface area contributed by atoms with Crippen LogP contribution in [0.5, 0.6) is 0 Å². The molecule has 1 heterocycles. The van der Waals surface area contributed by atoms with Gasteiger partial charge in [-0.25, -0.2) is 0 Å². The molecule has 0 amide bonds. The number of aryl methyl sites for hydroxylation is 1. The Bertz CT molecular complexity index is 421.